The highest BCUT2D eigenvalue weighted by Crippen LogP contribution is 2.36. The van der Waals surface area contributed by atoms with E-state index in [4.69, 9.17) is 4.74 Å². The van der Waals surface area contributed by atoms with Crippen molar-refractivity contribution in [2.75, 3.05) is 6.61 Å². The Balaban J connectivity index is 2.15. The third-order valence-corrected chi connectivity index (χ3v) is 3.95. The van der Waals surface area contributed by atoms with Crippen molar-refractivity contribution >= 4 is 11.9 Å². The Hall–Kier alpha value is -2.30. The second-order valence-corrected chi connectivity index (χ2v) is 5.54. The number of aryl methyl sites for hydroxylation is 2. The maximum atomic E-state index is 12.4. The molecular weight excluding hydrogens is 282 g/mol. The second-order valence-electron chi connectivity index (χ2n) is 5.54. The molecule has 0 saturated heterocycles. The number of amides is 1. The molecule has 2 atom stereocenters. The maximum absolute atomic E-state index is 12.4. The minimum atomic E-state index is -1.04. The molecule has 5 heteroatoms. The van der Waals surface area contributed by atoms with E-state index in [9.17, 15) is 14.7 Å². The van der Waals surface area contributed by atoms with Gasteiger partial charge in [0, 0.05) is 5.56 Å². The molecule has 5 nitrogen and oxygen atoms in total. The number of carbonyl (C=O) groups excluding carboxylic acids is 1. The molecule has 0 bridgehead atoms. The molecule has 1 amide bonds. The van der Waals surface area contributed by atoms with Gasteiger partial charge >= 0.3 is 5.97 Å². The van der Waals surface area contributed by atoms with Crippen LogP contribution in [0.3, 0.4) is 0 Å². The van der Waals surface area contributed by atoms with Gasteiger partial charge in [-0.15, -0.1) is 0 Å². The number of carboxylic acids is 1. The highest BCUT2D eigenvalue weighted by atomic mass is 16.5. The van der Waals surface area contributed by atoms with Crippen LogP contribution in [-0.2, 0) is 9.59 Å². The summed E-state index contributed by atoms with van der Waals surface area (Å²) in [6, 6.07) is 2.95. The summed E-state index contributed by atoms with van der Waals surface area (Å²) in [5, 5.41) is 11.8. The molecule has 0 saturated carbocycles. The predicted molar refractivity (Wildman–Crippen MR) is 83.1 cm³/mol. The number of ether oxygens (including phenoxy) is 1. The molecule has 2 N–H and O–H groups in total. The van der Waals surface area contributed by atoms with Crippen LogP contribution >= 0.6 is 0 Å². The molecule has 0 fully saturated rings. The molecule has 1 heterocycles. The summed E-state index contributed by atoms with van der Waals surface area (Å²) in [5.74, 6) is -1.09. The zero-order valence-electron chi connectivity index (χ0n) is 13.1. The third kappa shape index (κ3) is 3.30. The fraction of sp³-hybridized carbons (Fsp3) is 0.412. The topological polar surface area (TPSA) is 75.6 Å². The maximum Gasteiger partial charge on any atom is 0.326 e. The molecular formula is C17H21NO4. The van der Waals surface area contributed by atoms with E-state index in [-0.39, 0.29) is 18.9 Å². The lowest BCUT2D eigenvalue weighted by Crippen LogP contribution is -2.43. The van der Waals surface area contributed by atoms with E-state index in [2.05, 4.69) is 5.32 Å². The van der Waals surface area contributed by atoms with Gasteiger partial charge in [0.15, 0.2) is 0 Å². The van der Waals surface area contributed by atoms with Crippen molar-refractivity contribution in [2.24, 2.45) is 0 Å². The van der Waals surface area contributed by atoms with Crippen LogP contribution in [0.1, 0.15) is 36.0 Å². The van der Waals surface area contributed by atoms with Crippen LogP contribution in [0, 0.1) is 13.8 Å². The lowest BCUT2D eigenvalue weighted by molar-refractivity contribution is -0.142. The van der Waals surface area contributed by atoms with Gasteiger partial charge in [-0.1, -0.05) is 18.2 Å². The Morgan fingerprint density at radius 1 is 1.41 bits per heavy atom. The van der Waals surface area contributed by atoms with Crippen molar-refractivity contribution in [3.8, 4) is 5.75 Å². The fourth-order valence-corrected chi connectivity index (χ4v) is 2.46. The molecule has 1 aliphatic heterocycles. The lowest BCUT2D eigenvalue weighted by Gasteiger charge is -2.16. The number of hydrogen-bond acceptors (Lipinski definition) is 3. The molecule has 118 valence electrons. The minimum Gasteiger partial charge on any atom is -0.492 e. The van der Waals surface area contributed by atoms with Crippen molar-refractivity contribution in [1.29, 1.82) is 0 Å². The smallest absolute Gasteiger partial charge is 0.326 e. The van der Waals surface area contributed by atoms with Gasteiger partial charge in [0.1, 0.15) is 24.3 Å². The van der Waals surface area contributed by atoms with Gasteiger partial charge in [-0.05, 0) is 44.4 Å². The van der Waals surface area contributed by atoms with Crippen LogP contribution in [0.25, 0.3) is 0 Å². The summed E-state index contributed by atoms with van der Waals surface area (Å²) in [5.41, 5.74) is 3.03. The van der Waals surface area contributed by atoms with E-state index in [0.717, 1.165) is 16.7 Å². The Morgan fingerprint density at radius 3 is 2.73 bits per heavy atom. The number of nitrogens with one attached hydrogen (secondary N) is 1. The van der Waals surface area contributed by atoms with Crippen LogP contribution in [-0.4, -0.2) is 29.6 Å². The average Bonchev–Trinajstić information content (AvgIpc) is 2.86. The SMILES string of the molecule is C/C=C/CC(NC(=O)C1COc2cc(C)c(C)cc21)C(=O)O. The Morgan fingerprint density at radius 2 is 2.09 bits per heavy atom. The van der Waals surface area contributed by atoms with Crippen molar-refractivity contribution < 1.29 is 19.4 Å². The van der Waals surface area contributed by atoms with E-state index < -0.39 is 17.9 Å². The van der Waals surface area contributed by atoms with Crippen LogP contribution < -0.4 is 10.1 Å². The molecule has 1 aromatic carbocycles. The molecule has 0 aromatic heterocycles. The first-order valence-corrected chi connectivity index (χ1v) is 7.32. The van der Waals surface area contributed by atoms with Gasteiger partial charge in [-0.25, -0.2) is 4.79 Å². The summed E-state index contributed by atoms with van der Waals surface area (Å²) < 4.78 is 5.57. The number of carboxylic acid groups (broad SMARTS) is 1. The second kappa shape index (κ2) is 6.64. The Kier molecular flexibility index (Phi) is 4.85. The number of carbonyl (C=O) groups is 2. The number of rotatable bonds is 5. The summed E-state index contributed by atoms with van der Waals surface area (Å²) in [7, 11) is 0. The summed E-state index contributed by atoms with van der Waals surface area (Å²) in [6.07, 6.45) is 3.76. The number of aliphatic carboxylic acids is 1. The average molecular weight is 303 g/mol. The quantitative estimate of drug-likeness (QED) is 0.819. The Labute approximate surface area is 130 Å². The van der Waals surface area contributed by atoms with E-state index in [1.165, 1.54) is 0 Å². The zero-order valence-corrected chi connectivity index (χ0v) is 13.1. The molecule has 0 aliphatic carbocycles. The van der Waals surface area contributed by atoms with Gasteiger partial charge in [0.25, 0.3) is 0 Å². The standard InChI is InChI=1S/C17H21NO4/c1-4-5-6-14(17(20)21)18-16(19)13-9-22-15-8-11(3)10(2)7-12(13)15/h4-5,7-8,13-14H,6,9H2,1-3H3,(H,18,19)(H,20,21)/b5-4+. The normalized spacial score (nSPS) is 17.9. The van der Waals surface area contributed by atoms with E-state index in [0.29, 0.717) is 5.75 Å². The van der Waals surface area contributed by atoms with Gasteiger partial charge in [0.05, 0.1) is 0 Å². The fourth-order valence-electron chi connectivity index (χ4n) is 2.46. The van der Waals surface area contributed by atoms with Gasteiger partial charge in [-0.2, -0.15) is 0 Å². The number of allylic oxidation sites excluding steroid dienone is 1. The van der Waals surface area contributed by atoms with Crippen LogP contribution in [0.2, 0.25) is 0 Å². The first kappa shape index (κ1) is 16.1. The van der Waals surface area contributed by atoms with Gasteiger partial charge in [0.2, 0.25) is 5.91 Å². The van der Waals surface area contributed by atoms with Crippen LogP contribution in [0.4, 0.5) is 0 Å². The van der Waals surface area contributed by atoms with Gasteiger partial charge in [-0.3, -0.25) is 4.79 Å². The van der Waals surface area contributed by atoms with Crippen molar-refractivity contribution in [3.05, 3.63) is 41.0 Å². The largest absolute Gasteiger partial charge is 0.492 e. The van der Waals surface area contributed by atoms with E-state index in [1.807, 2.05) is 32.9 Å². The lowest BCUT2D eigenvalue weighted by atomic mass is 9.96. The molecule has 22 heavy (non-hydrogen) atoms. The number of benzene rings is 1. The Bertz CT molecular complexity index is 621. The van der Waals surface area contributed by atoms with E-state index >= 15 is 0 Å². The monoisotopic (exact) mass is 303 g/mol. The molecule has 1 aromatic rings. The first-order chi connectivity index (χ1) is 10.4. The van der Waals surface area contributed by atoms with E-state index in [1.54, 1.807) is 12.2 Å². The van der Waals surface area contributed by atoms with Crippen molar-refractivity contribution in [2.45, 2.75) is 39.2 Å². The first-order valence-electron chi connectivity index (χ1n) is 7.32. The molecule has 0 radical (unpaired) electrons. The van der Waals surface area contributed by atoms with Crippen molar-refractivity contribution in [1.82, 2.24) is 5.32 Å². The molecule has 0 spiro atoms. The molecule has 2 rings (SSSR count). The number of fused-ring (bicyclic) bond motifs is 1. The van der Waals surface area contributed by atoms with Gasteiger partial charge < -0.3 is 15.2 Å². The third-order valence-electron chi connectivity index (χ3n) is 3.95. The predicted octanol–water partition coefficient (Wildman–Crippen LogP) is 2.32. The highest BCUT2D eigenvalue weighted by Gasteiger charge is 2.33. The van der Waals surface area contributed by atoms with Crippen LogP contribution in [0.15, 0.2) is 24.3 Å². The highest BCUT2D eigenvalue weighted by molar-refractivity contribution is 5.89. The minimum absolute atomic E-state index is 0.250. The summed E-state index contributed by atoms with van der Waals surface area (Å²) >= 11 is 0. The number of hydrogen-bond donors (Lipinski definition) is 2. The summed E-state index contributed by atoms with van der Waals surface area (Å²) in [4.78, 5) is 23.6. The summed E-state index contributed by atoms with van der Waals surface area (Å²) in [6.45, 7) is 6.03. The molecule has 2 unspecified atom stereocenters. The van der Waals surface area contributed by atoms with Crippen molar-refractivity contribution in [3.63, 3.8) is 0 Å². The van der Waals surface area contributed by atoms with Crippen LogP contribution in [0.5, 0.6) is 5.75 Å². The molecule has 1 aliphatic rings. The zero-order chi connectivity index (χ0) is 16.3.